The largest absolute Gasteiger partial charge is 0.488 e. The number of aryl methyl sites for hydroxylation is 1. The minimum absolute atomic E-state index is 0.120. The van der Waals surface area contributed by atoms with E-state index in [-0.39, 0.29) is 18.1 Å². The van der Waals surface area contributed by atoms with Crippen LogP contribution in [0.2, 0.25) is 0 Å². The maximum atomic E-state index is 12.5. The van der Waals surface area contributed by atoms with Crippen molar-refractivity contribution < 1.29 is 14.3 Å². The lowest BCUT2D eigenvalue weighted by atomic mass is 9.94. The number of benzene rings is 2. The summed E-state index contributed by atoms with van der Waals surface area (Å²) in [6, 6.07) is 14.4. The highest BCUT2D eigenvalue weighted by atomic mass is 79.9. The first-order valence-electron chi connectivity index (χ1n) is 10.2. The quantitative estimate of drug-likeness (QED) is 0.345. The summed E-state index contributed by atoms with van der Waals surface area (Å²) >= 11 is 5.11. The summed E-state index contributed by atoms with van der Waals surface area (Å²) in [5.41, 5.74) is 1.73. The third-order valence-corrected chi connectivity index (χ3v) is 6.10. The molecule has 0 unspecified atom stereocenters. The normalized spacial score (nSPS) is 15.4. The standard InChI is InChI=1S/C24H30BrNO3S/c1-23(2,3)29-22(27)16-26(15-17-7-6-8-19(25)13-17)30-20-9-10-21-18(14-20)11-12-24(4,5)28-21/h6-10,13-14H,11-12,15-16H2,1-5H3. The van der Waals surface area contributed by atoms with Gasteiger partial charge in [-0.1, -0.05) is 28.1 Å². The maximum absolute atomic E-state index is 12.5. The summed E-state index contributed by atoms with van der Waals surface area (Å²) in [7, 11) is 0. The molecule has 0 aromatic heterocycles. The van der Waals surface area contributed by atoms with Crippen LogP contribution in [-0.4, -0.2) is 28.0 Å². The zero-order chi connectivity index (χ0) is 21.9. The van der Waals surface area contributed by atoms with E-state index in [1.165, 1.54) is 5.56 Å². The topological polar surface area (TPSA) is 38.8 Å². The Labute approximate surface area is 192 Å². The molecule has 2 aromatic carbocycles. The van der Waals surface area contributed by atoms with E-state index in [1.807, 2.05) is 43.3 Å². The van der Waals surface area contributed by atoms with Gasteiger partial charge >= 0.3 is 5.97 Å². The highest BCUT2D eigenvalue weighted by Gasteiger charge is 2.27. The van der Waals surface area contributed by atoms with Gasteiger partial charge in [0.25, 0.3) is 0 Å². The molecule has 0 saturated heterocycles. The molecule has 0 fully saturated rings. The lowest BCUT2D eigenvalue weighted by molar-refractivity contribution is -0.154. The summed E-state index contributed by atoms with van der Waals surface area (Å²) in [5.74, 6) is 0.731. The second-order valence-corrected chi connectivity index (χ2v) is 11.3. The molecule has 0 atom stereocenters. The Bertz CT molecular complexity index is 908. The lowest BCUT2D eigenvalue weighted by Gasteiger charge is -2.33. The number of rotatable bonds is 6. The summed E-state index contributed by atoms with van der Waals surface area (Å²) in [5, 5.41) is 0. The summed E-state index contributed by atoms with van der Waals surface area (Å²) in [6.07, 6.45) is 1.99. The molecule has 0 amide bonds. The first-order valence-corrected chi connectivity index (χ1v) is 11.8. The fourth-order valence-corrected chi connectivity index (χ4v) is 4.77. The van der Waals surface area contributed by atoms with Crippen LogP contribution in [0.1, 0.15) is 52.2 Å². The van der Waals surface area contributed by atoms with Gasteiger partial charge in [-0.2, -0.15) is 0 Å². The van der Waals surface area contributed by atoms with Gasteiger partial charge in [-0.25, -0.2) is 4.31 Å². The molecule has 1 aliphatic rings. The van der Waals surface area contributed by atoms with Crippen LogP contribution in [0.4, 0.5) is 0 Å². The van der Waals surface area contributed by atoms with Crippen molar-refractivity contribution in [2.75, 3.05) is 6.54 Å². The van der Waals surface area contributed by atoms with Gasteiger partial charge in [0.2, 0.25) is 0 Å². The molecule has 30 heavy (non-hydrogen) atoms. The van der Waals surface area contributed by atoms with E-state index < -0.39 is 5.60 Å². The Morgan fingerprint density at radius 1 is 1.23 bits per heavy atom. The van der Waals surface area contributed by atoms with Crippen molar-refractivity contribution in [3.63, 3.8) is 0 Å². The second-order valence-electron chi connectivity index (χ2n) is 9.24. The van der Waals surface area contributed by atoms with Gasteiger partial charge in [0.15, 0.2) is 0 Å². The van der Waals surface area contributed by atoms with Crippen LogP contribution in [-0.2, 0) is 22.5 Å². The summed E-state index contributed by atoms with van der Waals surface area (Å²) in [4.78, 5) is 13.6. The zero-order valence-corrected chi connectivity index (χ0v) is 20.7. The molecule has 0 radical (unpaired) electrons. The van der Waals surface area contributed by atoms with Crippen molar-refractivity contribution in [3.05, 3.63) is 58.1 Å². The molecule has 0 aliphatic carbocycles. The number of hydrogen-bond donors (Lipinski definition) is 0. The number of carbonyl (C=O) groups is 1. The third kappa shape index (κ3) is 7.03. The molecule has 1 heterocycles. The molecule has 4 nitrogen and oxygen atoms in total. The van der Waals surface area contributed by atoms with E-state index in [0.717, 1.165) is 33.5 Å². The van der Waals surface area contributed by atoms with Gasteiger partial charge in [-0.05, 0) is 101 Å². The number of carbonyl (C=O) groups excluding carboxylic acids is 1. The van der Waals surface area contributed by atoms with Crippen LogP contribution in [0.15, 0.2) is 51.8 Å². The Balaban J connectivity index is 1.77. The van der Waals surface area contributed by atoms with Crippen LogP contribution in [0, 0.1) is 0 Å². The van der Waals surface area contributed by atoms with Crippen LogP contribution < -0.4 is 4.74 Å². The summed E-state index contributed by atoms with van der Waals surface area (Å²) < 4.78 is 14.7. The first kappa shape index (κ1) is 23.2. The molecule has 1 aliphatic heterocycles. The van der Waals surface area contributed by atoms with E-state index in [9.17, 15) is 4.79 Å². The molecular weight excluding hydrogens is 462 g/mol. The SMILES string of the molecule is CC(C)(C)OC(=O)CN(Cc1cccc(Br)c1)Sc1ccc2c(c1)CCC(C)(C)O2. The molecule has 3 rings (SSSR count). The number of hydrogen-bond acceptors (Lipinski definition) is 5. The zero-order valence-electron chi connectivity index (χ0n) is 18.3. The Morgan fingerprint density at radius 3 is 2.70 bits per heavy atom. The highest BCUT2D eigenvalue weighted by Crippen LogP contribution is 2.36. The first-order chi connectivity index (χ1) is 14.0. The molecule has 0 spiro atoms. The summed E-state index contributed by atoms with van der Waals surface area (Å²) in [6.45, 7) is 10.8. The molecular formula is C24H30BrNO3S. The van der Waals surface area contributed by atoms with Crippen LogP contribution in [0.5, 0.6) is 5.75 Å². The second kappa shape index (κ2) is 9.33. The van der Waals surface area contributed by atoms with Crippen molar-refractivity contribution in [1.29, 1.82) is 0 Å². The van der Waals surface area contributed by atoms with Crippen LogP contribution in [0.3, 0.4) is 0 Å². The number of nitrogens with zero attached hydrogens (tertiary/aromatic N) is 1. The average molecular weight is 492 g/mol. The van der Waals surface area contributed by atoms with E-state index in [4.69, 9.17) is 9.47 Å². The van der Waals surface area contributed by atoms with Crippen LogP contribution in [0.25, 0.3) is 0 Å². The number of esters is 1. The van der Waals surface area contributed by atoms with Gasteiger partial charge in [-0.15, -0.1) is 0 Å². The minimum Gasteiger partial charge on any atom is -0.488 e. The Morgan fingerprint density at radius 2 is 2.00 bits per heavy atom. The van der Waals surface area contributed by atoms with Crippen molar-refractivity contribution in [1.82, 2.24) is 4.31 Å². The molecule has 162 valence electrons. The minimum atomic E-state index is -0.501. The molecule has 6 heteroatoms. The van der Waals surface area contributed by atoms with Gasteiger partial charge in [0.05, 0.1) is 0 Å². The number of halogens is 1. The van der Waals surface area contributed by atoms with Crippen molar-refractivity contribution in [2.24, 2.45) is 0 Å². The molecule has 0 bridgehead atoms. The third-order valence-electron chi connectivity index (χ3n) is 4.62. The highest BCUT2D eigenvalue weighted by molar-refractivity contribution is 9.10. The fourth-order valence-electron chi connectivity index (χ4n) is 3.32. The van der Waals surface area contributed by atoms with Gasteiger partial charge in [0, 0.05) is 15.9 Å². The smallest absolute Gasteiger partial charge is 0.321 e. The van der Waals surface area contributed by atoms with E-state index in [2.05, 4.69) is 54.0 Å². The van der Waals surface area contributed by atoms with Gasteiger partial charge < -0.3 is 9.47 Å². The number of fused-ring (bicyclic) bond motifs is 1. The van der Waals surface area contributed by atoms with Crippen molar-refractivity contribution in [3.8, 4) is 5.75 Å². The Kier molecular flexibility index (Phi) is 7.20. The predicted octanol–water partition coefficient (Wildman–Crippen LogP) is 6.40. The molecule has 0 N–H and O–H groups in total. The maximum Gasteiger partial charge on any atom is 0.321 e. The van der Waals surface area contributed by atoms with E-state index in [0.29, 0.717) is 6.54 Å². The average Bonchev–Trinajstić information content (AvgIpc) is 2.59. The monoisotopic (exact) mass is 491 g/mol. The fraction of sp³-hybridized carbons (Fsp3) is 0.458. The molecule has 2 aromatic rings. The lowest BCUT2D eigenvalue weighted by Crippen LogP contribution is -2.32. The predicted molar refractivity (Wildman–Crippen MR) is 126 cm³/mol. The number of ether oxygens (including phenoxy) is 2. The van der Waals surface area contributed by atoms with E-state index >= 15 is 0 Å². The van der Waals surface area contributed by atoms with Crippen molar-refractivity contribution in [2.45, 2.75) is 70.1 Å². The van der Waals surface area contributed by atoms with Crippen LogP contribution >= 0.6 is 27.9 Å². The van der Waals surface area contributed by atoms with Gasteiger partial charge in [0.1, 0.15) is 23.5 Å². The van der Waals surface area contributed by atoms with Gasteiger partial charge in [-0.3, -0.25) is 4.79 Å². The van der Waals surface area contributed by atoms with E-state index in [1.54, 1.807) is 11.9 Å². The molecule has 0 saturated carbocycles. The Hall–Kier alpha value is -1.50. The van der Waals surface area contributed by atoms with Crippen molar-refractivity contribution >= 4 is 33.8 Å².